The van der Waals surface area contributed by atoms with Gasteiger partial charge in [-0.3, -0.25) is 4.79 Å². The number of nitrogens with zero attached hydrogens (tertiary/aromatic N) is 6. The van der Waals surface area contributed by atoms with Crippen LogP contribution in [0.25, 0.3) is 27.9 Å². The summed E-state index contributed by atoms with van der Waals surface area (Å²) in [6, 6.07) is 9.85. The second-order valence-corrected chi connectivity index (χ2v) is 13.1. The molecule has 3 fully saturated rings. The molecule has 0 spiro atoms. The van der Waals surface area contributed by atoms with Gasteiger partial charge in [0.15, 0.2) is 17.3 Å². The molecule has 5 aromatic rings. The summed E-state index contributed by atoms with van der Waals surface area (Å²) in [6.45, 7) is 2.12. The summed E-state index contributed by atoms with van der Waals surface area (Å²) >= 11 is 0. The van der Waals surface area contributed by atoms with E-state index < -0.39 is 15.8 Å². The standard InChI is InChI=1S/C30H30FN7O4S/c1-2-42-30(39)25-19-8-10-20(11-9-19)26(25)34-28-24-14-32-17-37(24)36-27(35-28)23-15-38(29-22(23)12-21(31)13-33-29)43(40,41)16-18-6-4-3-5-7-18/h3-7,12-15,17,19-20,25-26H,2,8-11,16H2,1H3,(H,34,35,36)/t19?,20?,25-,26-/m1/s1. The fourth-order valence-electron chi connectivity index (χ4n) is 6.74. The van der Waals surface area contributed by atoms with Crippen LogP contribution in [0.1, 0.15) is 38.2 Å². The van der Waals surface area contributed by atoms with Crippen molar-refractivity contribution < 1.29 is 22.3 Å². The predicted molar refractivity (Wildman–Crippen MR) is 157 cm³/mol. The predicted octanol–water partition coefficient (Wildman–Crippen LogP) is 4.44. The first kappa shape index (κ1) is 27.4. The van der Waals surface area contributed by atoms with E-state index in [0.29, 0.717) is 29.1 Å². The first-order valence-electron chi connectivity index (χ1n) is 14.4. The molecule has 2 atom stereocenters. The van der Waals surface area contributed by atoms with Crippen molar-refractivity contribution in [1.29, 1.82) is 0 Å². The number of esters is 1. The van der Waals surface area contributed by atoms with Crippen LogP contribution >= 0.6 is 0 Å². The van der Waals surface area contributed by atoms with Gasteiger partial charge in [-0.15, -0.1) is 5.10 Å². The summed E-state index contributed by atoms with van der Waals surface area (Å²) in [4.78, 5) is 26.3. The van der Waals surface area contributed by atoms with Crippen LogP contribution in [-0.4, -0.2) is 55.6 Å². The molecule has 4 heterocycles. The summed E-state index contributed by atoms with van der Waals surface area (Å²) in [5, 5.41) is 8.40. The number of benzene rings is 1. The molecule has 1 aromatic carbocycles. The maximum absolute atomic E-state index is 14.5. The number of imidazole rings is 1. The Bertz CT molecular complexity index is 1930. The summed E-state index contributed by atoms with van der Waals surface area (Å²) < 4.78 is 49.8. The third kappa shape index (κ3) is 4.90. The van der Waals surface area contributed by atoms with Crippen molar-refractivity contribution in [2.75, 3.05) is 11.9 Å². The zero-order valence-electron chi connectivity index (χ0n) is 23.4. The fraction of sp³-hybridized carbons (Fsp3) is 0.367. The van der Waals surface area contributed by atoms with Gasteiger partial charge in [-0.2, -0.15) is 0 Å². The van der Waals surface area contributed by atoms with Gasteiger partial charge in [0.1, 0.15) is 17.7 Å². The minimum absolute atomic E-state index is 0.0723. The van der Waals surface area contributed by atoms with Crippen molar-refractivity contribution in [3.05, 3.63) is 72.7 Å². The number of hydrogen-bond donors (Lipinski definition) is 1. The van der Waals surface area contributed by atoms with Crippen LogP contribution in [0, 0.1) is 23.6 Å². The second kappa shape index (κ2) is 10.7. The molecular weight excluding hydrogens is 573 g/mol. The number of aromatic nitrogens is 6. The normalized spacial score (nSPS) is 21.8. The minimum atomic E-state index is -3.94. The topological polar surface area (TPSA) is 133 Å². The number of halogens is 1. The van der Waals surface area contributed by atoms with Gasteiger partial charge in [-0.05, 0) is 56.1 Å². The molecule has 3 saturated carbocycles. The van der Waals surface area contributed by atoms with Crippen LogP contribution in [0.4, 0.5) is 10.2 Å². The molecule has 4 aromatic heterocycles. The fourth-order valence-corrected chi connectivity index (χ4v) is 8.16. The lowest BCUT2D eigenvalue weighted by Crippen LogP contribution is -2.52. The van der Waals surface area contributed by atoms with E-state index in [-0.39, 0.29) is 52.4 Å². The van der Waals surface area contributed by atoms with Crippen LogP contribution in [0.2, 0.25) is 0 Å². The molecule has 3 aliphatic carbocycles. The lowest BCUT2D eigenvalue weighted by Gasteiger charge is -2.47. The largest absolute Gasteiger partial charge is 0.466 e. The molecule has 222 valence electrons. The number of carbonyl (C=O) groups excluding carboxylic acids is 1. The number of pyridine rings is 1. The molecule has 43 heavy (non-hydrogen) atoms. The van der Waals surface area contributed by atoms with Crippen molar-refractivity contribution in [2.24, 2.45) is 17.8 Å². The van der Waals surface area contributed by atoms with Crippen LogP contribution in [0.3, 0.4) is 0 Å². The second-order valence-electron chi connectivity index (χ2n) is 11.2. The summed E-state index contributed by atoms with van der Waals surface area (Å²) in [7, 11) is -3.94. The van der Waals surface area contributed by atoms with Crippen LogP contribution in [0.5, 0.6) is 0 Å². The molecule has 0 amide bonds. The van der Waals surface area contributed by atoms with Crippen LogP contribution in [-0.2, 0) is 25.3 Å². The van der Waals surface area contributed by atoms with Crippen molar-refractivity contribution in [3.63, 3.8) is 0 Å². The van der Waals surface area contributed by atoms with Crippen molar-refractivity contribution >= 4 is 38.4 Å². The Morgan fingerprint density at radius 2 is 1.88 bits per heavy atom. The zero-order chi connectivity index (χ0) is 29.7. The van der Waals surface area contributed by atoms with Gasteiger partial charge in [0.25, 0.3) is 0 Å². The minimum Gasteiger partial charge on any atom is -0.466 e. The van der Waals surface area contributed by atoms with Gasteiger partial charge >= 0.3 is 5.97 Å². The molecule has 1 N–H and O–H groups in total. The van der Waals surface area contributed by atoms with Crippen LogP contribution < -0.4 is 5.32 Å². The molecule has 0 aliphatic heterocycles. The highest BCUT2D eigenvalue weighted by atomic mass is 32.2. The van der Waals surface area contributed by atoms with Crippen molar-refractivity contribution in [3.8, 4) is 11.4 Å². The van der Waals surface area contributed by atoms with Gasteiger partial charge in [-0.1, -0.05) is 30.3 Å². The zero-order valence-corrected chi connectivity index (χ0v) is 24.2. The summed E-state index contributed by atoms with van der Waals surface area (Å²) in [6.07, 6.45) is 9.50. The molecule has 0 saturated heterocycles. The number of rotatable bonds is 8. The van der Waals surface area contributed by atoms with Gasteiger partial charge in [0.05, 0.1) is 30.7 Å². The number of carbonyl (C=O) groups is 1. The maximum Gasteiger partial charge on any atom is 0.311 e. The van der Waals surface area contributed by atoms with Crippen molar-refractivity contribution in [2.45, 2.75) is 44.4 Å². The van der Waals surface area contributed by atoms with E-state index in [1.807, 2.05) is 13.0 Å². The average Bonchev–Trinajstić information content (AvgIpc) is 3.63. The third-order valence-electron chi connectivity index (χ3n) is 8.67. The number of anilines is 1. The molecule has 0 unspecified atom stereocenters. The molecular formula is C30H30FN7O4S. The smallest absolute Gasteiger partial charge is 0.311 e. The monoisotopic (exact) mass is 603 g/mol. The maximum atomic E-state index is 14.5. The van der Waals surface area contributed by atoms with Gasteiger partial charge in [0.2, 0.25) is 10.0 Å². The van der Waals surface area contributed by atoms with E-state index in [9.17, 15) is 17.6 Å². The van der Waals surface area contributed by atoms with Crippen molar-refractivity contribution in [1.82, 2.24) is 28.5 Å². The SMILES string of the molecule is CCOC(=O)[C@@H]1C2CCC(CC2)[C@H]1Nc1nc(-c2cn(S(=O)(=O)Cc3ccccc3)c3ncc(F)cc23)nn2cncc12. The Morgan fingerprint density at radius 1 is 1.12 bits per heavy atom. The van der Waals surface area contributed by atoms with E-state index in [2.05, 4.69) is 20.4 Å². The first-order valence-corrected chi connectivity index (χ1v) is 16.0. The average molecular weight is 604 g/mol. The Balaban J connectivity index is 1.33. The Hall–Kier alpha value is -4.39. The Labute approximate surface area is 247 Å². The Kier molecular flexibility index (Phi) is 6.83. The van der Waals surface area contributed by atoms with Gasteiger partial charge < -0.3 is 10.1 Å². The summed E-state index contributed by atoms with van der Waals surface area (Å²) in [5.74, 6) is -0.304. The van der Waals surface area contributed by atoms with Gasteiger partial charge in [0, 0.05) is 23.2 Å². The molecule has 8 rings (SSSR count). The van der Waals surface area contributed by atoms with Crippen LogP contribution in [0.15, 0.2) is 61.3 Å². The first-order chi connectivity index (χ1) is 20.8. The quantitative estimate of drug-likeness (QED) is 0.256. The van der Waals surface area contributed by atoms with E-state index >= 15 is 0 Å². The van der Waals surface area contributed by atoms with E-state index in [1.54, 1.807) is 35.0 Å². The lowest BCUT2D eigenvalue weighted by molar-refractivity contribution is -0.154. The molecule has 13 heteroatoms. The number of hydrogen-bond acceptors (Lipinski definition) is 9. The highest BCUT2D eigenvalue weighted by molar-refractivity contribution is 7.89. The highest BCUT2D eigenvalue weighted by Crippen LogP contribution is 2.47. The lowest BCUT2D eigenvalue weighted by atomic mass is 9.61. The number of nitrogens with one attached hydrogen (secondary N) is 1. The van der Waals surface area contributed by atoms with E-state index in [4.69, 9.17) is 9.72 Å². The third-order valence-corrected chi connectivity index (χ3v) is 10.3. The van der Waals surface area contributed by atoms with Gasteiger partial charge in [-0.25, -0.2) is 36.2 Å². The van der Waals surface area contributed by atoms with E-state index in [1.165, 1.54) is 18.6 Å². The summed E-state index contributed by atoms with van der Waals surface area (Å²) in [5.41, 5.74) is 1.57. The van der Waals surface area contributed by atoms with E-state index in [0.717, 1.165) is 35.9 Å². The number of fused-ring (bicyclic) bond motifs is 5. The highest BCUT2D eigenvalue weighted by Gasteiger charge is 2.48. The Morgan fingerprint density at radius 3 is 2.65 bits per heavy atom. The molecule has 3 aliphatic rings. The number of ether oxygens (including phenoxy) is 1. The molecule has 0 radical (unpaired) electrons. The molecule has 2 bridgehead atoms. The molecule has 11 nitrogen and oxygen atoms in total.